The zero-order valence-electron chi connectivity index (χ0n) is 10.6. The molecule has 0 fully saturated rings. The highest BCUT2D eigenvalue weighted by molar-refractivity contribution is 7.90. The molecule has 0 spiro atoms. The van der Waals surface area contributed by atoms with E-state index in [1.54, 1.807) is 13.8 Å². The van der Waals surface area contributed by atoms with E-state index in [1.807, 2.05) is 0 Å². The SMILES string of the molecule is CC(C)(N)CS(=O)(=O)Cc1ccc(Cl)cc1[N+](=O)[O-]. The first-order valence-corrected chi connectivity index (χ1v) is 7.62. The molecule has 1 aromatic rings. The molecule has 8 heteroatoms. The van der Waals surface area contributed by atoms with E-state index in [1.165, 1.54) is 12.1 Å². The number of nitrogens with zero attached hydrogens (tertiary/aromatic N) is 1. The number of nitro benzene ring substituents is 1. The van der Waals surface area contributed by atoms with Crippen LogP contribution in [0.4, 0.5) is 5.69 Å². The van der Waals surface area contributed by atoms with Crippen molar-refractivity contribution < 1.29 is 13.3 Å². The molecular weight excluding hydrogens is 292 g/mol. The van der Waals surface area contributed by atoms with Crippen molar-refractivity contribution in [3.8, 4) is 0 Å². The Kier molecular flexibility index (Phi) is 4.54. The highest BCUT2D eigenvalue weighted by atomic mass is 35.5. The summed E-state index contributed by atoms with van der Waals surface area (Å²) < 4.78 is 23.9. The lowest BCUT2D eigenvalue weighted by Crippen LogP contribution is -2.40. The Bertz CT molecular complexity index is 593. The zero-order chi connectivity index (χ0) is 14.8. The summed E-state index contributed by atoms with van der Waals surface area (Å²) in [5.74, 6) is -0.680. The smallest absolute Gasteiger partial charge is 0.275 e. The predicted octanol–water partition coefficient (Wildman–Crippen LogP) is 1.90. The van der Waals surface area contributed by atoms with Gasteiger partial charge in [0.1, 0.15) is 0 Å². The molecular formula is C11H15ClN2O4S. The van der Waals surface area contributed by atoms with Crippen LogP contribution in [0.15, 0.2) is 18.2 Å². The van der Waals surface area contributed by atoms with Crippen molar-refractivity contribution in [3.63, 3.8) is 0 Å². The molecule has 0 amide bonds. The fraction of sp³-hybridized carbons (Fsp3) is 0.455. The van der Waals surface area contributed by atoms with Crippen molar-refractivity contribution in [2.24, 2.45) is 5.73 Å². The summed E-state index contributed by atoms with van der Waals surface area (Å²) in [6.07, 6.45) is 0. The number of sulfone groups is 1. The molecule has 0 aromatic heterocycles. The predicted molar refractivity (Wildman–Crippen MR) is 73.9 cm³/mol. The lowest BCUT2D eigenvalue weighted by atomic mass is 10.1. The highest BCUT2D eigenvalue weighted by Crippen LogP contribution is 2.25. The summed E-state index contributed by atoms with van der Waals surface area (Å²) >= 11 is 5.66. The third-order valence-corrected chi connectivity index (χ3v) is 4.38. The van der Waals surface area contributed by atoms with Crippen LogP contribution in [0.2, 0.25) is 5.02 Å². The second-order valence-corrected chi connectivity index (χ2v) is 7.55. The van der Waals surface area contributed by atoms with Crippen LogP contribution < -0.4 is 5.73 Å². The Morgan fingerprint density at radius 1 is 1.42 bits per heavy atom. The molecule has 0 saturated heterocycles. The van der Waals surface area contributed by atoms with E-state index in [2.05, 4.69) is 0 Å². The van der Waals surface area contributed by atoms with E-state index in [0.717, 1.165) is 6.07 Å². The van der Waals surface area contributed by atoms with Crippen molar-refractivity contribution in [2.45, 2.75) is 25.1 Å². The second kappa shape index (κ2) is 5.44. The molecule has 106 valence electrons. The number of nitro groups is 1. The second-order valence-electron chi connectivity index (χ2n) is 5.05. The van der Waals surface area contributed by atoms with Crippen molar-refractivity contribution in [3.05, 3.63) is 38.9 Å². The van der Waals surface area contributed by atoms with Gasteiger partial charge in [-0.3, -0.25) is 10.1 Å². The van der Waals surface area contributed by atoms with Gasteiger partial charge >= 0.3 is 0 Å². The van der Waals surface area contributed by atoms with Gasteiger partial charge < -0.3 is 5.73 Å². The average molecular weight is 307 g/mol. The summed E-state index contributed by atoms with van der Waals surface area (Å²) in [5, 5.41) is 11.1. The van der Waals surface area contributed by atoms with Crippen LogP contribution >= 0.6 is 11.6 Å². The first-order chi connectivity index (χ1) is 8.50. The fourth-order valence-electron chi connectivity index (χ4n) is 1.68. The summed E-state index contributed by atoms with van der Waals surface area (Å²) in [5.41, 5.74) is 4.58. The molecule has 6 nitrogen and oxygen atoms in total. The Hall–Kier alpha value is -1.18. The van der Waals surface area contributed by atoms with Crippen LogP contribution in [-0.4, -0.2) is 24.6 Å². The van der Waals surface area contributed by atoms with Crippen molar-refractivity contribution in [1.82, 2.24) is 0 Å². The van der Waals surface area contributed by atoms with E-state index in [0.29, 0.717) is 0 Å². The quantitative estimate of drug-likeness (QED) is 0.661. The summed E-state index contributed by atoms with van der Waals surface area (Å²) in [4.78, 5) is 10.2. The lowest BCUT2D eigenvalue weighted by Gasteiger charge is -2.18. The first-order valence-electron chi connectivity index (χ1n) is 5.42. The molecule has 1 aromatic carbocycles. The topological polar surface area (TPSA) is 103 Å². The maximum absolute atomic E-state index is 11.9. The molecule has 0 heterocycles. The monoisotopic (exact) mass is 306 g/mol. The van der Waals surface area contributed by atoms with E-state index in [-0.39, 0.29) is 22.0 Å². The van der Waals surface area contributed by atoms with E-state index < -0.39 is 26.1 Å². The van der Waals surface area contributed by atoms with Gasteiger partial charge in [0.2, 0.25) is 0 Å². The highest BCUT2D eigenvalue weighted by Gasteiger charge is 2.25. The van der Waals surface area contributed by atoms with Gasteiger partial charge in [-0.05, 0) is 26.0 Å². The van der Waals surface area contributed by atoms with Crippen LogP contribution in [-0.2, 0) is 15.6 Å². The van der Waals surface area contributed by atoms with Crippen LogP contribution in [0.5, 0.6) is 0 Å². The molecule has 0 aliphatic rings. The Morgan fingerprint density at radius 2 is 2.00 bits per heavy atom. The molecule has 19 heavy (non-hydrogen) atoms. The Balaban J connectivity index is 3.10. The number of nitrogens with two attached hydrogens (primary N) is 1. The summed E-state index contributed by atoms with van der Waals surface area (Å²) in [7, 11) is -3.53. The standard InChI is InChI=1S/C11H15ClN2O4S/c1-11(2,13)7-19(17,18)6-8-3-4-9(12)5-10(8)14(15)16/h3-5H,6-7,13H2,1-2H3. The van der Waals surface area contributed by atoms with Crippen LogP contribution in [0.1, 0.15) is 19.4 Å². The zero-order valence-corrected chi connectivity index (χ0v) is 12.2. The van der Waals surface area contributed by atoms with Crippen LogP contribution in [0.3, 0.4) is 0 Å². The van der Waals surface area contributed by atoms with E-state index >= 15 is 0 Å². The molecule has 0 radical (unpaired) electrons. The van der Waals surface area contributed by atoms with Gasteiger partial charge in [-0.25, -0.2) is 8.42 Å². The maximum atomic E-state index is 11.9. The van der Waals surface area contributed by atoms with E-state index in [9.17, 15) is 18.5 Å². The molecule has 0 saturated carbocycles. The number of hydrogen-bond acceptors (Lipinski definition) is 5. The lowest BCUT2D eigenvalue weighted by molar-refractivity contribution is -0.385. The van der Waals surface area contributed by atoms with Gasteiger partial charge in [-0.2, -0.15) is 0 Å². The summed E-state index contributed by atoms with van der Waals surface area (Å²) in [6.45, 7) is 3.17. The van der Waals surface area contributed by atoms with E-state index in [4.69, 9.17) is 17.3 Å². The molecule has 0 unspecified atom stereocenters. The molecule has 1 rings (SSSR count). The first kappa shape index (κ1) is 15.9. The summed E-state index contributed by atoms with van der Waals surface area (Å²) in [6, 6.07) is 3.91. The molecule has 0 aliphatic heterocycles. The minimum absolute atomic E-state index is 0.110. The minimum atomic E-state index is -3.53. The maximum Gasteiger partial charge on any atom is 0.275 e. The molecule has 0 atom stereocenters. The largest absolute Gasteiger partial charge is 0.325 e. The van der Waals surface area contributed by atoms with Gasteiger partial charge in [-0.15, -0.1) is 0 Å². The number of hydrogen-bond donors (Lipinski definition) is 1. The third kappa shape index (κ3) is 5.14. The number of benzene rings is 1. The van der Waals surface area contributed by atoms with Crippen molar-refractivity contribution in [1.29, 1.82) is 0 Å². The van der Waals surface area contributed by atoms with Gasteiger partial charge in [0.25, 0.3) is 5.69 Å². The van der Waals surface area contributed by atoms with Gasteiger partial charge in [-0.1, -0.05) is 11.6 Å². The minimum Gasteiger partial charge on any atom is -0.325 e. The average Bonchev–Trinajstić information content (AvgIpc) is 2.16. The van der Waals surface area contributed by atoms with Crippen molar-refractivity contribution in [2.75, 3.05) is 5.75 Å². The molecule has 0 bridgehead atoms. The van der Waals surface area contributed by atoms with Crippen LogP contribution in [0.25, 0.3) is 0 Å². The molecule has 2 N–H and O–H groups in total. The number of rotatable bonds is 5. The van der Waals surface area contributed by atoms with Gasteiger partial charge in [0, 0.05) is 22.2 Å². The van der Waals surface area contributed by atoms with Gasteiger partial charge in [0.15, 0.2) is 9.84 Å². The molecule has 0 aliphatic carbocycles. The number of halogens is 1. The normalized spacial score (nSPS) is 12.4. The van der Waals surface area contributed by atoms with Gasteiger partial charge in [0.05, 0.1) is 16.4 Å². The Morgan fingerprint density at radius 3 is 2.47 bits per heavy atom. The Labute approximate surface area is 116 Å². The third-order valence-electron chi connectivity index (χ3n) is 2.21. The van der Waals surface area contributed by atoms with Crippen molar-refractivity contribution >= 4 is 27.1 Å². The van der Waals surface area contributed by atoms with Crippen LogP contribution in [0, 0.1) is 10.1 Å². The fourth-order valence-corrected chi connectivity index (χ4v) is 3.80.